The Morgan fingerprint density at radius 1 is 1.25 bits per heavy atom. The molecule has 0 unspecified atom stereocenters. The van der Waals surface area contributed by atoms with Gasteiger partial charge in [0.1, 0.15) is 0 Å². The van der Waals surface area contributed by atoms with Gasteiger partial charge in [-0.3, -0.25) is 0 Å². The summed E-state index contributed by atoms with van der Waals surface area (Å²) >= 11 is 0. The van der Waals surface area contributed by atoms with Crippen molar-refractivity contribution in [2.24, 2.45) is 0 Å². The number of nitrogens with zero attached hydrogens (tertiary/aromatic N) is 2. The molecule has 0 atom stereocenters. The summed E-state index contributed by atoms with van der Waals surface area (Å²) in [5, 5.41) is 7.67. The van der Waals surface area contributed by atoms with Gasteiger partial charge < -0.3 is 4.42 Å². The van der Waals surface area contributed by atoms with Crippen LogP contribution in [0.5, 0.6) is 0 Å². The van der Waals surface area contributed by atoms with Crippen LogP contribution < -0.4 is 4.72 Å². The van der Waals surface area contributed by atoms with Crippen LogP contribution in [-0.4, -0.2) is 18.6 Å². The summed E-state index contributed by atoms with van der Waals surface area (Å²) in [7, 11) is -3.58. The number of nitrogens with one attached hydrogen (secondary N) is 1. The number of sulfonamides is 1. The minimum atomic E-state index is -3.58. The molecule has 7 heteroatoms. The van der Waals surface area contributed by atoms with Gasteiger partial charge in [0.2, 0.25) is 21.8 Å². The molecule has 0 aliphatic carbocycles. The second-order valence-electron chi connectivity index (χ2n) is 4.78. The zero-order valence-electron chi connectivity index (χ0n) is 11.6. The van der Waals surface area contributed by atoms with Crippen LogP contribution in [0, 0.1) is 6.92 Å². The predicted octanol–water partition coefficient (Wildman–Crippen LogP) is 1.98. The minimum absolute atomic E-state index is 0.0175. The molecule has 0 amide bonds. The summed E-state index contributed by atoms with van der Waals surface area (Å²) < 4.78 is 32.2. The molecule has 0 aliphatic heterocycles. The Morgan fingerprint density at radius 3 is 2.55 bits per heavy atom. The Kier molecular flexibility index (Phi) is 4.20. The predicted molar refractivity (Wildman–Crippen MR) is 73.6 cm³/mol. The van der Waals surface area contributed by atoms with Crippen LogP contribution in [0.15, 0.2) is 33.6 Å². The summed E-state index contributed by atoms with van der Waals surface area (Å²) in [4.78, 5) is 0.253. The number of rotatable bonds is 5. The van der Waals surface area contributed by atoms with Crippen LogP contribution in [0.3, 0.4) is 0 Å². The van der Waals surface area contributed by atoms with Gasteiger partial charge in [-0.25, -0.2) is 13.1 Å². The highest BCUT2D eigenvalue weighted by Gasteiger charge is 2.17. The summed E-state index contributed by atoms with van der Waals surface area (Å²) in [6.07, 6.45) is 0. The molecule has 0 spiro atoms. The van der Waals surface area contributed by atoms with Crippen molar-refractivity contribution in [1.82, 2.24) is 14.9 Å². The largest absolute Gasteiger partial charge is 0.424 e. The molecule has 1 aromatic heterocycles. The molecule has 20 heavy (non-hydrogen) atoms. The van der Waals surface area contributed by atoms with E-state index in [1.54, 1.807) is 31.2 Å². The number of benzene rings is 1. The van der Waals surface area contributed by atoms with Crippen LogP contribution in [0.4, 0.5) is 0 Å². The average molecular weight is 295 g/mol. The first-order valence-corrected chi connectivity index (χ1v) is 7.76. The van der Waals surface area contributed by atoms with Crippen molar-refractivity contribution in [3.8, 4) is 0 Å². The van der Waals surface area contributed by atoms with E-state index in [1.807, 2.05) is 13.8 Å². The molecule has 0 aliphatic rings. The van der Waals surface area contributed by atoms with Crippen LogP contribution in [0.2, 0.25) is 0 Å². The van der Waals surface area contributed by atoms with Crippen LogP contribution >= 0.6 is 0 Å². The maximum Gasteiger partial charge on any atom is 0.241 e. The Bertz CT molecular complexity index is 692. The van der Waals surface area contributed by atoms with E-state index >= 15 is 0 Å². The fraction of sp³-hybridized carbons (Fsp3) is 0.385. The van der Waals surface area contributed by atoms with E-state index in [-0.39, 0.29) is 23.2 Å². The summed E-state index contributed by atoms with van der Waals surface area (Å²) in [6.45, 7) is 5.58. The summed E-state index contributed by atoms with van der Waals surface area (Å²) in [5.74, 6) is 0.866. The molecular formula is C13H17N3O3S. The third-order valence-electron chi connectivity index (χ3n) is 2.77. The fourth-order valence-corrected chi connectivity index (χ4v) is 2.88. The van der Waals surface area contributed by atoms with Crippen molar-refractivity contribution < 1.29 is 12.8 Å². The molecule has 6 nitrogen and oxygen atoms in total. The van der Waals surface area contributed by atoms with Gasteiger partial charge in [0.15, 0.2) is 0 Å². The molecule has 0 saturated heterocycles. The molecular weight excluding hydrogens is 278 g/mol. The molecule has 1 N–H and O–H groups in total. The molecule has 0 bridgehead atoms. The zero-order chi connectivity index (χ0) is 14.8. The van der Waals surface area contributed by atoms with Crippen molar-refractivity contribution in [3.05, 3.63) is 41.6 Å². The number of hydrogen-bond donors (Lipinski definition) is 1. The van der Waals surface area contributed by atoms with Gasteiger partial charge in [-0.05, 0) is 18.6 Å². The lowest BCUT2D eigenvalue weighted by molar-refractivity contribution is 0.427. The van der Waals surface area contributed by atoms with Crippen molar-refractivity contribution >= 4 is 10.0 Å². The number of aromatic nitrogens is 2. The third-order valence-corrected chi connectivity index (χ3v) is 4.33. The highest BCUT2D eigenvalue weighted by Crippen LogP contribution is 2.15. The van der Waals surface area contributed by atoms with Crippen LogP contribution in [-0.2, 0) is 16.6 Å². The smallest absolute Gasteiger partial charge is 0.241 e. The zero-order valence-corrected chi connectivity index (χ0v) is 12.4. The first-order chi connectivity index (χ1) is 9.40. The Hall–Kier alpha value is -1.73. The van der Waals surface area contributed by atoms with E-state index in [1.165, 1.54) is 0 Å². The molecule has 0 radical (unpaired) electrons. The van der Waals surface area contributed by atoms with Gasteiger partial charge in [-0.2, -0.15) is 0 Å². The monoisotopic (exact) mass is 295 g/mol. The van der Waals surface area contributed by atoms with Crippen molar-refractivity contribution in [2.75, 3.05) is 0 Å². The van der Waals surface area contributed by atoms with E-state index in [4.69, 9.17) is 4.42 Å². The Labute approximate surface area is 118 Å². The van der Waals surface area contributed by atoms with Gasteiger partial charge in [0, 0.05) is 5.92 Å². The third kappa shape index (κ3) is 3.23. The molecule has 0 saturated carbocycles. The van der Waals surface area contributed by atoms with E-state index in [0.717, 1.165) is 0 Å². The maximum absolute atomic E-state index is 12.2. The molecule has 108 valence electrons. The second kappa shape index (κ2) is 5.72. The van der Waals surface area contributed by atoms with Crippen molar-refractivity contribution in [3.63, 3.8) is 0 Å². The number of hydrogen-bond acceptors (Lipinski definition) is 5. The number of aryl methyl sites for hydroxylation is 1. The average Bonchev–Trinajstić information content (AvgIpc) is 2.86. The Morgan fingerprint density at radius 2 is 1.95 bits per heavy atom. The summed E-state index contributed by atoms with van der Waals surface area (Å²) in [5.41, 5.74) is 0.688. The van der Waals surface area contributed by atoms with E-state index in [0.29, 0.717) is 11.5 Å². The molecule has 0 fully saturated rings. The SMILES string of the molecule is Cc1ccccc1S(=O)(=O)NCc1nnc(C(C)C)o1. The van der Waals surface area contributed by atoms with E-state index in [2.05, 4.69) is 14.9 Å². The lowest BCUT2D eigenvalue weighted by Crippen LogP contribution is -2.24. The van der Waals surface area contributed by atoms with Gasteiger partial charge in [0.05, 0.1) is 11.4 Å². The van der Waals surface area contributed by atoms with Crippen LogP contribution in [0.1, 0.15) is 37.1 Å². The molecule has 1 aromatic carbocycles. The standard InChI is InChI=1S/C13H17N3O3S/c1-9(2)13-16-15-12(19-13)8-14-20(17,18)11-7-5-4-6-10(11)3/h4-7,9,14H,8H2,1-3H3. The normalized spacial score (nSPS) is 12.0. The second-order valence-corrected chi connectivity index (χ2v) is 6.51. The van der Waals surface area contributed by atoms with Gasteiger partial charge in [-0.1, -0.05) is 32.0 Å². The summed E-state index contributed by atoms with van der Waals surface area (Å²) in [6, 6.07) is 6.79. The lowest BCUT2D eigenvalue weighted by atomic mass is 10.2. The van der Waals surface area contributed by atoms with Crippen molar-refractivity contribution in [1.29, 1.82) is 0 Å². The van der Waals surface area contributed by atoms with Crippen LogP contribution in [0.25, 0.3) is 0 Å². The quantitative estimate of drug-likeness (QED) is 0.911. The van der Waals surface area contributed by atoms with E-state index < -0.39 is 10.0 Å². The van der Waals surface area contributed by atoms with Gasteiger partial charge in [0.25, 0.3) is 0 Å². The first-order valence-electron chi connectivity index (χ1n) is 6.27. The topological polar surface area (TPSA) is 85.1 Å². The highest BCUT2D eigenvalue weighted by atomic mass is 32.2. The first kappa shape index (κ1) is 14.7. The minimum Gasteiger partial charge on any atom is -0.424 e. The van der Waals surface area contributed by atoms with E-state index in [9.17, 15) is 8.42 Å². The molecule has 1 heterocycles. The fourth-order valence-electron chi connectivity index (χ4n) is 1.66. The van der Waals surface area contributed by atoms with Gasteiger partial charge in [-0.15, -0.1) is 10.2 Å². The maximum atomic E-state index is 12.2. The van der Waals surface area contributed by atoms with Gasteiger partial charge >= 0.3 is 0 Å². The molecule has 2 rings (SSSR count). The lowest BCUT2D eigenvalue weighted by Gasteiger charge is -2.07. The molecule has 2 aromatic rings. The van der Waals surface area contributed by atoms with Crippen molar-refractivity contribution in [2.45, 2.75) is 38.1 Å². The Balaban J connectivity index is 2.11. The highest BCUT2D eigenvalue weighted by molar-refractivity contribution is 7.89.